The van der Waals surface area contributed by atoms with E-state index in [-0.39, 0.29) is 23.6 Å². The number of benzene rings is 2. The predicted molar refractivity (Wildman–Crippen MR) is 136 cm³/mol. The third-order valence-electron chi connectivity index (χ3n) is 7.67. The largest absolute Gasteiger partial charge is 0.487 e. The number of hydrogen-bond acceptors (Lipinski definition) is 4. The molecule has 2 aromatic rings. The fourth-order valence-electron chi connectivity index (χ4n) is 5.80. The van der Waals surface area contributed by atoms with E-state index in [1.165, 1.54) is 6.07 Å². The third-order valence-corrected chi connectivity index (χ3v) is 7.95. The van der Waals surface area contributed by atoms with E-state index in [0.29, 0.717) is 31.5 Å². The highest BCUT2D eigenvalue weighted by Gasteiger charge is 2.43. The molecule has 0 spiro atoms. The molecule has 1 saturated carbocycles. The van der Waals surface area contributed by atoms with Gasteiger partial charge in [0.15, 0.2) is 11.6 Å². The van der Waals surface area contributed by atoms with Crippen LogP contribution in [0.4, 0.5) is 22.0 Å². The van der Waals surface area contributed by atoms with E-state index < -0.39 is 51.8 Å². The summed E-state index contributed by atoms with van der Waals surface area (Å²) in [6, 6.07) is 4.40. The van der Waals surface area contributed by atoms with Gasteiger partial charge in [0, 0.05) is 18.6 Å². The number of fused-ring (bicyclic) bond motifs is 2. The van der Waals surface area contributed by atoms with Gasteiger partial charge in [0.2, 0.25) is 0 Å². The number of hydrogen-bond donors (Lipinski definition) is 0. The third kappa shape index (κ3) is 6.19. The average molecular weight is 572 g/mol. The van der Waals surface area contributed by atoms with Crippen molar-refractivity contribution in [2.45, 2.75) is 102 Å². The molecule has 3 atom stereocenters. The second kappa shape index (κ2) is 10.2. The van der Waals surface area contributed by atoms with Crippen LogP contribution in [0.1, 0.15) is 92.3 Å². The van der Waals surface area contributed by atoms with Gasteiger partial charge in [-0.25, -0.2) is 13.6 Å². The predicted octanol–water partition coefficient (Wildman–Crippen LogP) is 8.04. The van der Waals surface area contributed by atoms with Crippen molar-refractivity contribution >= 4 is 17.6 Å². The molecule has 0 N–H and O–H groups in total. The lowest BCUT2D eigenvalue weighted by molar-refractivity contribution is -0.137. The van der Waals surface area contributed by atoms with Gasteiger partial charge in [-0.15, -0.1) is 0 Å². The summed E-state index contributed by atoms with van der Waals surface area (Å²) >= 11 is 5.72. The normalized spacial score (nSPS) is 23.7. The summed E-state index contributed by atoms with van der Waals surface area (Å²) in [6.45, 7) is 5.69. The topological polar surface area (TPSA) is 38.8 Å². The number of carbonyl (C=O) groups excluding carboxylic acids is 1. The monoisotopic (exact) mass is 571 g/mol. The van der Waals surface area contributed by atoms with Gasteiger partial charge in [0.1, 0.15) is 17.5 Å². The van der Waals surface area contributed by atoms with Gasteiger partial charge < -0.3 is 9.47 Å². The summed E-state index contributed by atoms with van der Waals surface area (Å²) in [4.78, 5) is 14.9. The summed E-state index contributed by atoms with van der Waals surface area (Å²) in [5.41, 5.74) is -0.0817. The Labute approximate surface area is 229 Å². The molecule has 1 aliphatic carbocycles. The molecular formula is C29H31ClF5NO3. The summed E-state index contributed by atoms with van der Waals surface area (Å²) in [5, 5.41) is -0.635. The molecule has 212 valence electrons. The summed E-state index contributed by atoms with van der Waals surface area (Å²) in [5.74, 6) is -2.54. The molecule has 0 radical (unpaired) electrons. The first kappa shape index (κ1) is 28.1. The highest BCUT2D eigenvalue weighted by molar-refractivity contribution is 6.31. The molecule has 0 amide bonds. The van der Waals surface area contributed by atoms with Crippen LogP contribution < -0.4 is 4.74 Å². The molecule has 2 aliphatic heterocycles. The molecule has 0 aromatic heterocycles. The van der Waals surface area contributed by atoms with E-state index >= 15 is 4.39 Å². The van der Waals surface area contributed by atoms with Gasteiger partial charge >= 0.3 is 12.1 Å². The minimum Gasteiger partial charge on any atom is -0.487 e. The minimum absolute atomic E-state index is 0.0544. The van der Waals surface area contributed by atoms with Crippen LogP contribution in [-0.2, 0) is 17.5 Å². The summed E-state index contributed by atoms with van der Waals surface area (Å²) in [6.07, 6.45) is -0.489. The quantitative estimate of drug-likeness (QED) is 0.260. The highest BCUT2D eigenvalue weighted by atomic mass is 35.5. The molecule has 3 fully saturated rings. The van der Waals surface area contributed by atoms with Crippen LogP contribution in [0.3, 0.4) is 0 Å². The van der Waals surface area contributed by atoms with Crippen LogP contribution in [0.5, 0.6) is 5.75 Å². The zero-order valence-electron chi connectivity index (χ0n) is 22.0. The van der Waals surface area contributed by atoms with Crippen molar-refractivity contribution in [3.8, 4) is 5.75 Å². The van der Waals surface area contributed by atoms with Gasteiger partial charge in [-0.1, -0.05) is 11.6 Å². The number of esters is 1. The van der Waals surface area contributed by atoms with Crippen LogP contribution in [0.2, 0.25) is 5.02 Å². The fraction of sp³-hybridized carbons (Fsp3) is 0.552. The van der Waals surface area contributed by atoms with Crippen molar-refractivity contribution in [2.24, 2.45) is 0 Å². The van der Waals surface area contributed by atoms with Crippen molar-refractivity contribution in [2.75, 3.05) is 0 Å². The number of alkyl halides is 3. The molecule has 3 aliphatic rings. The Hall–Kier alpha value is -2.39. The number of ether oxygens (including phenoxy) is 2. The standard InChI is InChI=1S/C29H31ClF5NO3/c1-28(2,3)39-27(37)22-13-21(15-4-5-15)16(8-24(22)31)14-36-18-6-7-19(36)12-20(11-18)38-25-10-17(29(33,34)35)9-23(30)26(25)32/h8-10,13,15,18-20H,4-7,11-12,14H2,1-3H3/t18-,19?,20?/m1/s1. The molecule has 2 unspecified atom stereocenters. The van der Waals surface area contributed by atoms with Crippen LogP contribution in [0.25, 0.3) is 0 Å². The van der Waals surface area contributed by atoms with Gasteiger partial charge in [-0.2, -0.15) is 13.2 Å². The number of halogens is 6. The molecule has 5 rings (SSSR count). The van der Waals surface area contributed by atoms with E-state index in [0.717, 1.165) is 36.8 Å². The highest BCUT2D eigenvalue weighted by Crippen LogP contribution is 2.45. The van der Waals surface area contributed by atoms with Crippen molar-refractivity contribution < 1.29 is 36.2 Å². The molecule has 2 saturated heterocycles. The van der Waals surface area contributed by atoms with Gasteiger partial charge in [-0.05, 0) is 101 Å². The van der Waals surface area contributed by atoms with Gasteiger partial charge in [0.05, 0.1) is 16.1 Å². The Kier molecular flexibility index (Phi) is 7.38. The smallest absolute Gasteiger partial charge is 0.416 e. The Balaban J connectivity index is 1.32. The van der Waals surface area contributed by atoms with Crippen molar-refractivity contribution in [3.63, 3.8) is 0 Å². The van der Waals surface area contributed by atoms with E-state index in [1.807, 2.05) is 0 Å². The van der Waals surface area contributed by atoms with Crippen LogP contribution in [0.15, 0.2) is 24.3 Å². The first-order chi connectivity index (χ1) is 18.2. The average Bonchev–Trinajstić information content (AvgIpc) is 3.62. The van der Waals surface area contributed by atoms with E-state index in [2.05, 4.69) is 4.90 Å². The second-order valence-corrected chi connectivity index (χ2v) is 12.3. The SMILES string of the molecule is CC(C)(C)OC(=O)c1cc(C2CC2)c(CN2C3CC[C@@H]2CC(Oc2cc(C(F)(F)F)cc(Cl)c2F)C3)cc1F. The lowest BCUT2D eigenvalue weighted by Crippen LogP contribution is -2.46. The molecule has 10 heteroatoms. The molecular weight excluding hydrogens is 541 g/mol. The summed E-state index contributed by atoms with van der Waals surface area (Å²) in [7, 11) is 0. The fourth-order valence-corrected chi connectivity index (χ4v) is 6.01. The maximum Gasteiger partial charge on any atom is 0.416 e. The molecule has 2 heterocycles. The Morgan fingerprint density at radius 2 is 1.64 bits per heavy atom. The first-order valence-corrected chi connectivity index (χ1v) is 13.6. The van der Waals surface area contributed by atoms with E-state index in [4.69, 9.17) is 21.1 Å². The Morgan fingerprint density at radius 3 is 2.21 bits per heavy atom. The van der Waals surface area contributed by atoms with Crippen molar-refractivity contribution in [3.05, 3.63) is 63.2 Å². The van der Waals surface area contributed by atoms with Crippen LogP contribution in [-0.4, -0.2) is 34.7 Å². The van der Waals surface area contributed by atoms with Gasteiger partial charge in [-0.3, -0.25) is 4.90 Å². The van der Waals surface area contributed by atoms with E-state index in [9.17, 15) is 22.4 Å². The molecule has 39 heavy (non-hydrogen) atoms. The minimum atomic E-state index is -4.68. The summed E-state index contributed by atoms with van der Waals surface area (Å²) < 4.78 is 80.5. The van der Waals surface area contributed by atoms with Crippen LogP contribution in [0, 0.1) is 11.6 Å². The second-order valence-electron chi connectivity index (χ2n) is 11.8. The number of carbonyl (C=O) groups is 1. The van der Waals surface area contributed by atoms with Crippen molar-refractivity contribution in [1.29, 1.82) is 0 Å². The Bertz CT molecular complexity index is 1260. The molecule has 4 nitrogen and oxygen atoms in total. The lowest BCUT2D eigenvalue weighted by Gasteiger charge is -2.39. The zero-order valence-corrected chi connectivity index (χ0v) is 22.8. The molecule has 2 aromatic carbocycles. The lowest BCUT2D eigenvalue weighted by atomic mass is 9.95. The van der Waals surface area contributed by atoms with Crippen LogP contribution >= 0.6 is 11.6 Å². The number of rotatable bonds is 6. The number of piperidine rings is 1. The van der Waals surface area contributed by atoms with Crippen molar-refractivity contribution in [1.82, 2.24) is 4.90 Å². The molecule has 2 bridgehead atoms. The van der Waals surface area contributed by atoms with Gasteiger partial charge in [0.25, 0.3) is 0 Å². The number of nitrogens with zero attached hydrogens (tertiary/aromatic N) is 1. The maximum absolute atomic E-state index is 15.1. The maximum atomic E-state index is 15.1. The van der Waals surface area contributed by atoms with E-state index in [1.54, 1.807) is 26.8 Å². The Morgan fingerprint density at radius 1 is 1.00 bits per heavy atom. The zero-order chi connectivity index (χ0) is 28.3. The first-order valence-electron chi connectivity index (χ1n) is 13.2.